The highest BCUT2D eigenvalue weighted by Crippen LogP contribution is 2.30. The first-order valence-electron chi connectivity index (χ1n) is 5.77. The van der Waals surface area contributed by atoms with Crippen molar-refractivity contribution in [1.29, 1.82) is 5.26 Å². The van der Waals surface area contributed by atoms with Gasteiger partial charge in [-0.05, 0) is 63.4 Å². The van der Waals surface area contributed by atoms with Crippen molar-refractivity contribution in [2.75, 3.05) is 0 Å². The zero-order valence-corrected chi connectivity index (χ0v) is 14.9. The lowest BCUT2D eigenvalue weighted by molar-refractivity contribution is -0.385. The van der Waals surface area contributed by atoms with Gasteiger partial charge in [0.25, 0.3) is 5.69 Å². The number of nitro groups is 1. The summed E-state index contributed by atoms with van der Waals surface area (Å²) in [7, 11) is 0. The standard InChI is InChI=1S/C14H8I2N2O3/c15-11-5-9(7-17)6-12(16)14(11)21-8-10-3-1-2-4-13(10)18(19)20/h1-6H,8H2. The Morgan fingerprint density at radius 1 is 1.24 bits per heavy atom. The predicted octanol–water partition coefficient (Wildman–Crippen LogP) is 4.25. The summed E-state index contributed by atoms with van der Waals surface area (Å²) in [5, 5.41) is 19.9. The molecule has 0 amide bonds. The monoisotopic (exact) mass is 506 g/mol. The van der Waals surface area contributed by atoms with Crippen LogP contribution in [0.25, 0.3) is 0 Å². The summed E-state index contributed by atoms with van der Waals surface area (Å²) >= 11 is 4.17. The van der Waals surface area contributed by atoms with E-state index in [2.05, 4.69) is 51.3 Å². The summed E-state index contributed by atoms with van der Waals surface area (Å²) in [6.07, 6.45) is 0. The second-order valence-electron chi connectivity index (χ2n) is 4.06. The first-order valence-corrected chi connectivity index (χ1v) is 7.93. The molecule has 0 atom stereocenters. The van der Waals surface area contributed by atoms with Crippen molar-refractivity contribution in [2.24, 2.45) is 0 Å². The van der Waals surface area contributed by atoms with Gasteiger partial charge in [-0.3, -0.25) is 10.1 Å². The minimum Gasteiger partial charge on any atom is -0.486 e. The zero-order valence-electron chi connectivity index (χ0n) is 10.5. The van der Waals surface area contributed by atoms with Crippen molar-refractivity contribution in [1.82, 2.24) is 0 Å². The Morgan fingerprint density at radius 2 is 1.86 bits per heavy atom. The predicted molar refractivity (Wildman–Crippen MR) is 94.0 cm³/mol. The Labute approximate surface area is 148 Å². The minimum atomic E-state index is -0.423. The maximum atomic E-state index is 11.0. The number of nitrogens with zero attached hydrogens (tertiary/aromatic N) is 2. The SMILES string of the molecule is N#Cc1cc(I)c(OCc2ccccc2[N+](=O)[O-])c(I)c1. The van der Waals surface area contributed by atoms with Crippen molar-refractivity contribution in [3.63, 3.8) is 0 Å². The first kappa shape index (κ1) is 16.0. The number of ether oxygens (including phenoxy) is 1. The van der Waals surface area contributed by atoms with Crippen LogP contribution in [0.15, 0.2) is 36.4 Å². The van der Waals surface area contributed by atoms with Crippen molar-refractivity contribution < 1.29 is 9.66 Å². The lowest BCUT2D eigenvalue weighted by Crippen LogP contribution is -2.02. The van der Waals surface area contributed by atoms with Crippen LogP contribution in [0.1, 0.15) is 11.1 Å². The molecule has 7 heteroatoms. The van der Waals surface area contributed by atoms with Crippen molar-refractivity contribution in [2.45, 2.75) is 6.61 Å². The molecule has 0 aromatic heterocycles. The smallest absolute Gasteiger partial charge is 0.276 e. The maximum absolute atomic E-state index is 11.0. The van der Waals surface area contributed by atoms with Gasteiger partial charge in [0, 0.05) is 6.07 Å². The number of nitro benzene ring substituents is 1. The lowest BCUT2D eigenvalue weighted by Gasteiger charge is -2.11. The molecule has 0 aliphatic heterocycles. The van der Waals surface area contributed by atoms with E-state index in [1.807, 2.05) is 0 Å². The molecule has 0 spiro atoms. The molecule has 0 unspecified atom stereocenters. The van der Waals surface area contributed by atoms with Crippen LogP contribution in [0.3, 0.4) is 0 Å². The molecule has 0 aliphatic carbocycles. The molecule has 0 radical (unpaired) electrons. The van der Waals surface area contributed by atoms with E-state index in [4.69, 9.17) is 10.00 Å². The van der Waals surface area contributed by atoms with Gasteiger partial charge in [0.05, 0.1) is 29.3 Å². The molecule has 0 heterocycles. The van der Waals surface area contributed by atoms with Gasteiger partial charge in [-0.15, -0.1) is 0 Å². The fourth-order valence-corrected chi connectivity index (χ4v) is 3.80. The number of halogens is 2. The van der Waals surface area contributed by atoms with E-state index < -0.39 is 4.92 Å². The number of rotatable bonds is 4. The third-order valence-electron chi connectivity index (χ3n) is 2.69. The fourth-order valence-electron chi connectivity index (χ4n) is 1.72. The second kappa shape index (κ2) is 7.04. The normalized spacial score (nSPS) is 9.95. The van der Waals surface area contributed by atoms with Crippen LogP contribution in [0.5, 0.6) is 5.75 Å². The molecule has 0 bridgehead atoms. The molecule has 106 valence electrons. The highest BCUT2D eigenvalue weighted by atomic mass is 127. The average Bonchev–Trinajstić information content (AvgIpc) is 2.46. The molecule has 21 heavy (non-hydrogen) atoms. The number of nitriles is 1. The summed E-state index contributed by atoms with van der Waals surface area (Å²) in [6.45, 7) is 0.106. The van der Waals surface area contributed by atoms with E-state index in [1.165, 1.54) is 6.07 Å². The molecule has 2 aromatic rings. The summed E-state index contributed by atoms with van der Waals surface area (Å²) in [5.41, 5.74) is 1.11. The zero-order chi connectivity index (χ0) is 15.4. The number of hydrogen-bond donors (Lipinski definition) is 0. The van der Waals surface area contributed by atoms with Gasteiger partial charge in [0.2, 0.25) is 0 Å². The van der Waals surface area contributed by atoms with Crippen LogP contribution in [-0.4, -0.2) is 4.92 Å². The van der Waals surface area contributed by atoms with E-state index in [9.17, 15) is 10.1 Å². The summed E-state index contributed by atoms with van der Waals surface area (Å²) in [5.74, 6) is 0.633. The molecule has 0 aliphatic rings. The van der Waals surface area contributed by atoms with Gasteiger partial charge < -0.3 is 4.74 Å². The van der Waals surface area contributed by atoms with Crippen molar-refractivity contribution >= 4 is 50.9 Å². The molecule has 5 nitrogen and oxygen atoms in total. The topological polar surface area (TPSA) is 76.2 Å². The molecule has 0 saturated carbocycles. The Kier molecular flexibility index (Phi) is 5.35. The Balaban J connectivity index is 2.26. The fraction of sp³-hybridized carbons (Fsp3) is 0.0714. The van der Waals surface area contributed by atoms with E-state index in [1.54, 1.807) is 30.3 Å². The Hall–Kier alpha value is -1.41. The van der Waals surface area contributed by atoms with E-state index >= 15 is 0 Å². The van der Waals surface area contributed by atoms with Gasteiger partial charge in [0.1, 0.15) is 12.4 Å². The van der Waals surface area contributed by atoms with E-state index in [0.29, 0.717) is 16.9 Å². The van der Waals surface area contributed by atoms with Crippen LogP contribution in [0.2, 0.25) is 0 Å². The summed E-state index contributed by atoms with van der Waals surface area (Å²) in [6, 6.07) is 12.0. The molecule has 0 N–H and O–H groups in total. The molecule has 0 fully saturated rings. The lowest BCUT2D eigenvalue weighted by atomic mass is 10.2. The summed E-state index contributed by atoms with van der Waals surface area (Å²) < 4.78 is 7.32. The first-order chi connectivity index (χ1) is 10.0. The quantitative estimate of drug-likeness (QED) is 0.353. The maximum Gasteiger partial charge on any atom is 0.276 e. The van der Waals surface area contributed by atoms with Crippen LogP contribution in [-0.2, 0) is 6.61 Å². The van der Waals surface area contributed by atoms with Crippen LogP contribution >= 0.6 is 45.2 Å². The van der Waals surface area contributed by atoms with Crippen molar-refractivity contribution in [3.8, 4) is 11.8 Å². The number of hydrogen-bond acceptors (Lipinski definition) is 4. The molecular weight excluding hydrogens is 498 g/mol. The molecule has 2 rings (SSSR count). The third kappa shape index (κ3) is 3.82. The van der Waals surface area contributed by atoms with Gasteiger partial charge in [0.15, 0.2) is 0 Å². The van der Waals surface area contributed by atoms with Crippen LogP contribution < -0.4 is 4.74 Å². The Morgan fingerprint density at radius 3 is 2.43 bits per heavy atom. The number of para-hydroxylation sites is 1. The van der Waals surface area contributed by atoms with E-state index in [-0.39, 0.29) is 12.3 Å². The molecular formula is C14H8I2N2O3. The van der Waals surface area contributed by atoms with Gasteiger partial charge >= 0.3 is 0 Å². The van der Waals surface area contributed by atoms with Crippen LogP contribution in [0.4, 0.5) is 5.69 Å². The molecule has 0 saturated heterocycles. The molecule has 2 aromatic carbocycles. The van der Waals surface area contributed by atoms with Gasteiger partial charge in [-0.25, -0.2) is 0 Å². The largest absolute Gasteiger partial charge is 0.486 e. The number of benzene rings is 2. The third-order valence-corrected chi connectivity index (χ3v) is 4.29. The van der Waals surface area contributed by atoms with E-state index in [0.717, 1.165) is 7.14 Å². The summed E-state index contributed by atoms with van der Waals surface area (Å²) in [4.78, 5) is 10.5. The second-order valence-corrected chi connectivity index (χ2v) is 6.38. The highest BCUT2D eigenvalue weighted by molar-refractivity contribution is 14.1. The van der Waals surface area contributed by atoms with Gasteiger partial charge in [-0.2, -0.15) is 5.26 Å². The average molecular weight is 506 g/mol. The highest BCUT2D eigenvalue weighted by Gasteiger charge is 2.15. The minimum absolute atomic E-state index is 0.0381. The van der Waals surface area contributed by atoms with Gasteiger partial charge in [-0.1, -0.05) is 12.1 Å². The Bertz CT molecular complexity index is 718. The van der Waals surface area contributed by atoms with Crippen LogP contribution in [0, 0.1) is 28.6 Å². The van der Waals surface area contributed by atoms with Crippen molar-refractivity contribution in [3.05, 3.63) is 64.8 Å².